The average molecular weight is 280 g/mol. The van der Waals surface area contributed by atoms with Crippen molar-refractivity contribution in [1.29, 1.82) is 5.26 Å². The van der Waals surface area contributed by atoms with E-state index in [-0.39, 0.29) is 0 Å². The Hall–Kier alpha value is -2.31. The van der Waals surface area contributed by atoms with E-state index >= 15 is 0 Å². The first-order valence-electron chi connectivity index (χ1n) is 7.12. The third-order valence-electron chi connectivity index (χ3n) is 3.15. The van der Waals surface area contributed by atoms with Gasteiger partial charge < -0.3 is 10.1 Å². The van der Waals surface area contributed by atoms with Gasteiger partial charge in [-0.2, -0.15) is 5.26 Å². The van der Waals surface area contributed by atoms with Crippen LogP contribution in [0.2, 0.25) is 0 Å². The van der Waals surface area contributed by atoms with Gasteiger partial charge in [0.25, 0.3) is 0 Å². The van der Waals surface area contributed by atoms with E-state index in [2.05, 4.69) is 31.3 Å². The van der Waals surface area contributed by atoms with Crippen LogP contribution < -0.4 is 10.1 Å². The predicted molar refractivity (Wildman–Crippen MR) is 83.9 cm³/mol. The third kappa shape index (κ3) is 4.62. The summed E-state index contributed by atoms with van der Waals surface area (Å²) in [6.45, 7) is 5.48. The van der Waals surface area contributed by atoms with Crippen LogP contribution in [-0.2, 0) is 13.2 Å². The molecule has 2 aromatic carbocycles. The number of ether oxygens (including phenoxy) is 1. The molecule has 1 N–H and O–H groups in total. The lowest BCUT2D eigenvalue weighted by Crippen LogP contribution is -2.21. The highest BCUT2D eigenvalue weighted by atomic mass is 16.5. The summed E-state index contributed by atoms with van der Waals surface area (Å²) in [7, 11) is 0. The van der Waals surface area contributed by atoms with Crippen LogP contribution in [-0.4, -0.2) is 6.04 Å². The lowest BCUT2D eigenvalue weighted by molar-refractivity contribution is 0.305. The van der Waals surface area contributed by atoms with E-state index in [9.17, 15) is 0 Å². The summed E-state index contributed by atoms with van der Waals surface area (Å²) in [6, 6.07) is 18.2. The maximum Gasteiger partial charge on any atom is 0.120 e. The molecule has 0 bridgehead atoms. The Morgan fingerprint density at radius 2 is 1.95 bits per heavy atom. The van der Waals surface area contributed by atoms with Gasteiger partial charge >= 0.3 is 0 Å². The van der Waals surface area contributed by atoms with Crippen LogP contribution >= 0.6 is 0 Å². The van der Waals surface area contributed by atoms with Gasteiger partial charge in [0.1, 0.15) is 12.4 Å². The van der Waals surface area contributed by atoms with Crippen LogP contribution in [0.3, 0.4) is 0 Å². The minimum absolute atomic E-state index is 0.408. The summed E-state index contributed by atoms with van der Waals surface area (Å²) in [5, 5.41) is 12.5. The van der Waals surface area contributed by atoms with Gasteiger partial charge in [-0.1, -0.05) is 44.2 Å². The molecule has 21 heavy (non-hydrogen) atoms. The minimum Gasteiger partial charge on any atom is -0.489 e. The lowest BCUT2D eigenvalue weighted by Gasteiger charge is -2.11. The largest absolute Gasteiger partial charge is 0.489 e. The molecule has 0 aliphatic heterocycles. The molecule has 0 amide bonds. The fraction of sp³-hybridized carbons (Fsp3) is 0.278. The average Bonchev–Trinajstić information content (AvgIpc) is 2.51. The van der Waals surface area contributed by atoms with Crippen molar-refractivity contribution in [3.8, 4) is 11.8 Å². The number of nitrogens with one attached hydrogen (secondary N) is 1. The summed E-state index contributed by atoms with van der Waals surface area (Å²) >= 11 is 0. The Balaban J connectivity index is 2.00. The van der Waals surface area contributed by atoms with Gasteiger partial charge in [0, 0.05) is 18.2 Å². The summed E-state index contributed by atoms with van der Waals surface area (Å²) in [4.78, 5) is 0. The van der Waals surface area contributed by atoms with Crippen molar-refractivity contribution in [2.24, 2.45) is 0 Å². The van der Waals surface area contributed by atoms with Gasteiger partial charge in [-0.25, -0.2) is 0 Å². The number of nitriles is 1. The molecule has 0 aliphatic rings. The van der Waals surface area contributed by atoms with E-state index in [1.54, 1.807) is 0 Å². The van der Waals surface area contributed by atoms with Crippen molar-refractivity contribution in [2.75, 3.05) is 0 Å². The second kappa shape index (κ2) is 7.47. The fourth-order valence-electron chi connectivity index (χ4n) is 1.98. The smallest absolute Gasteiger partial charge is 0.120 e. The molecule has 0 unspecified atom stereocenters. The van der Waals surface area contributed by atoms with Gasteiger partial charge in [0.15, 0.2) is 0 Å². The van der Waals surface area contributed by atoms with Crippen molar-refractivity contribution in [3.63, 3.8) is 0 Å². The zero-order chi connectivity index (χ0) is 15.1. The molecule has 108 valence electrons. The highest BCUT2D eigenvalue weighted by molar-refractivity contribution is 5.37. The molecule has 0 saturated heterocycles. The van der Waals surface area contributed by atoms with Crippen molar-refractivity contribution in [3.05, 3.63) is 65.2 Å². The molecule has 3 heteroatoms. The third-order valence-corrected chi connectivity index (χ3v) is 3.15. The van der Waals surface area contributed by atoms with Crippen molar-refractivity contribution < 1.29 is 4.74 Å². The van der Waals surface area contributed by atoms with Crippen LogP contribution in [0.25, 0.3) is 0 Å². The quantitative estimate of drug-likeness (QED) is 0.878. The van der Waals surface area contributed by atoms with Crippen LogP contribution in [0.1, 0.15) is 30.5 Å². The lowest BCUT2D eigenvalue weighted by atomic mass is 10.1. The Morgan fingerprint density at radius 1 is 1.14 bits per heavy atom. The Labute approximate surface area is 126 Å². The Morgan fingerprint density at radius 3 is 2.71 bits per heavy atom. The topological polar surface area (TPSA) is 45.0 Å². The molecule has 2 rings (SSSR count). The molecule has 0 spiro atoms. The first kappa shape index (κ1) is 15.1. The highest BCUT2D eigenvalue weighted by Gasteiger charge is 2.03. The van der Waals surface area contributed by atoms with Crippen LogP contribution in [0.15, 0.2) is 48.5 Å². The number of hydrogen-bond acceptors (Lipinski definition) is 3. The van der Waals surface area contributed by atoms with Gasteiger partial charge in [-0.05, 0) is 23.8 Å². The van der Waals surface area contributed by atoms with Gasteiger partial charge in [0.2, 0.25) is 0 Å². The van der Waals surface area contributed by atoms with Crippen molar-refractivity contribution >= 4 is 0 Å². The summed E-state index contributed by atoms with van der Waals surface area (Å²) in [5.41, 5.74) is 2.76. The van der Waals surface area contributed by atoms with E-state index in [0.717, 1.165) is 17.9 Å². The van der Waals surface area contributed by atoms with Crippen molar-refractivity contribution in [1.82, 2.24) is 5.32 Å². The zero-order valence-corrected chi connectivity index (χ0v) is 12.5. The normalized spacial score (nSPS) is 10.4. The van der Waals surface area contributed by atoms with E-state index in [0.29, 0.717) is 18.2 Å². The second-order valence-corrected chi connectivity index (χ2v) is 5.24. The molecule has 0 fully saturated rings. The second-order valence-electron chi connectivity index (χ2n) is 5.24. The molecule has 0 radical (unpaired) electrons. The Kier molecular flexibility index (Phi) is 5.36. The summed E-state index contributed by atoms with van der Waals surface area (Å²) in [5.74, 6) is 0.825. The molecular weight excluding hydrogens is 260 g/mol. The molecule has 3 nitrogen and oxygen atoms in total. The molecular formula is C18H20N2O. The number of benzene rings is 2. The van der Waals surface area contributed by atoms with Gasteiger partial charge in [-0.3, -0.25) is 0 Å². The molecule has 0 atom stereocenters. The van der Waals surface area contributed by atoms with E-state index in [1.807, 2.05) is 42.5 Å². The van der Waals surface area contributed by atoms with Gasteiger partial charge in [0.05, 0.1) is 11.6 Å². The van der Waals surface area contributed by atoms with Crippen LogP contribution in [0.5, 0.6) is 5.75 Å². The van der Waals surface area contributed by atoms with Crippen LogP contribution in [0, 0.1) is 11.3 Å². The summed E-state index contributed by atoms with van der Waals surface area (Å²) < 4.78 is 5.80. The van der Waals surface area contributed by atoms with Crippen LogP contribution in [0.4, 0.5) is 0 Å². The van der Waals surface area contributed by atoms with E-state index < -0.39 is 0 Å². The fourth-order valence-corrected chi connectivity index (χ4v) is 1.98. The predicted octanol–water partition coefficient (Wildman–Crippen LogP) is 3.64. The molecule has 0 heterocycles. The number of rotatable bonds is 6. The van der Waals surface area contributed by atoms with E-state index in [4.69, 9.17) is 10.00 Å². The summed E-state index contributed by atoms with van der Waals surface area (Å²) in [6.07, 6.45) is 0. The first-order valence-corrected chi connectivity index (χ1v) is 7.12. The molecule has 0 aromatic heterocycles. The zero-order valence-electron chi connectivity index (χ0n) is 12.5. The highest BCUT2D eigenvalue weighted by Crippen LogP contribution is 2.16. The monoisotopic (exact) mass is 280 g/mol. The molecule has 0 aliphatic carbocycles. The maximum absolute atomic E-state index is 9.07. The number of nitrogens with zero attached hydrogens (tertiary/aromatic N) is 1. The minimum atomic E-state index is 0.408. The standard InChI is InChI=1S/C18H20N2O/c1-14(2)20-12-15-6-5-9-18(10-15)21-13-17-8-4-3-7-16(17)11-19/h3-10,14,20H,12-13H2,1-2H3. The molecule has 2 aromatic rings. The first-order chi connectivity index (χ1) is 10.2. The number of hydrogen-bond donors (Lipinski definition) is 1. The van der Waals surface area contributed by atoms with Crippen molar-refractivity contribution in [2.45, 2.75) is 33.0 Å². The Bertz CT molecular complexity index is 629. The maximum atomic E-state index is 9.07. The van der Waals surface area contributed by atoms with Gasteiger partial charge in [-0.15, -0.1) is 0 Å². The van der Waals surface area contributed by atoms with E-state index in [1.165, 1.54) is 5.56 Å². The molecule has 0 saturated carbocycles. The SMILES string of the molecule is CC(C)NCc1cccc(OCc2ccccc2C#N)c1.